The van der Waals surface area contributed by atoms with Crippen LogP contribution in [0, 0.1) is 7.14 Å². The van der Waals surface area contributed by atoms with Gasteiger partial charge in [-0.05, 0) is 69.4 Å². The summed E-state index contributed by atoms with van der Waals surface area (Å²) in [6.07, 6.45) is 6.98. The van der Waals surface area contributed by atoms with Crippen LogP contribution in [-0.4, -0.2) is 39.5 Å². The van der Waals surface area contributed by atoms with Gasteiger partial charge in [-0.15, -0.1) is 0 Å². The van der Waals surface area contributed by atoms with Crippen molar-refractivity contribution in [2.24, 2.45) is 0 Å². The Hall–Kier alpha value is -3.40. The molecule has 0 unspecified atom stereocenters. The van der Waals surface area contributed by atoms with Gasteiger partial charge in [0, 0.05) is 48.6 Å². The normalized spacial score (nSPS) is 10.9. The lowest BCUT2D eigenvalue weighted by atomic mass is 10.2. The molecule has 6 rings (SSSR count). The number of aromatic nitrogens is 8. The third-order valence-corrected chi connectivity index (χ3v) is 6.12. The largest absolute Gasteiger partial charge is 0.368 e. The Balaban J connectivity index is 0.000000142. The van der Waals surface area contributed by atoms with E-state index >= 15 is 0 Å². The van der Waals surface area contributed by atoms with E-state index in [1.807, 2.05) is 42.7 Å². The molecule has 12 heteroatoms. The fourth-order valence-corrected chi connectivity index (χ4v) is 4.20. The van der Waals surface area contributed by atoms with Crippen LogP contribution in [0.15, 0.2) is 73.3 Å². The first-order valence-electron chi connectivity index (χ1n) is 9.92. The molecule has 4 N–H and O–H groups in total. The second-order valence-electron chi connectivity index (χ2n) is 7.08. The number of hydrogen-bond acceptors (Lipinski definition) is 8. The SMILES string of the molecule is Nc1nccc(-n2cc3ccc(I)cc3n2)n1.Nc1nccc(-n2ncc3ccc(I)cc32)n1. The number of rotatable bonds is 2. The Bertz CT molecular complexity index is 1620. The Morgan fingerprint density at radius 3 is 2.12 bits per heavy atom. The van der Waals surface area contributed by atoms with Crippen molar-refractivity contribution in [3.8, 4) is 11.6 Å². The number of hydrogen-bond donors (Lipinski definition) is 2. The molecule has 0 aliphatic carbocycles. The molecule has 0 radical (unpaired) electrons. The molecule has 4 heterocycles. The fraction of sp³-hybridized carbons (Fsp3) is 0. The molecule has 0 aliphatic heterocycles. The molecule has 168 valence electrons. The first kappa shape index (κ1) is 22.4. The molecule has 2 aromatic carbocycles. The summed E-state index contributed by atoms with van der Waals surface area (Å²) in [5.74, 6) is 1.84. The van der Waals surface area contributed by atoms with Gasteiger partial charge >= 0.3 is 0 Å². The Morgan fingerprint density at radius 2 is 1.38 bits per heavy atom. The van der Waals surface area contributed by atoms with E-state index in [1.165, 1.54) is 0 Å². The maximum absolute atomic E-state index is 5.57. The first-order valence-corrected chi connectivity index (χ1v) is 12.1. The van der Waals surface area contributed by atoms with E-state index in [4.69, 9.17) is 11.5 Å². The van der Waals surface area contributed by atoms with Gasteiger partial charge in [0.25, 0.3) is 0 Å². The number of benzene rings is 2. The summed E-state index contributed by atoms with van der Waals surface area (Å²) in [6.45, 7) is 0. The summed E-state index contributed by atoms with van der Waals surface area (Å²) in [4.78, 5) is 16.0. The van der Waals surface area contributed by atoms with Crippen molar-refractivity contribution < 1.29 is 0 Å². The number of anilines is 2. The van der Waals surface area contributed by atoms with Crippen LogP contribution in [0.25, 0.3) is 33.4 Å². The monoisotopic (exact) mass is 674 g/mol. The van der Waals surface area contributed by atoms with Gasteiger partial charge in [-0.2, -0.15) is 20.2 Å². The summed E-state index contributed by atoms with van der Waals surface area (Å²) in [5.41, 5.74) is 13.1. The molecule has 0 saturated carbocycles. The molecular formula is C22H16I2N10. The lowest BCUT2D eigenvalue weighted by molar-refractivity contribution is 0.855. The van der Waals surface area contributed by atoms with Gasteiger partial charge in [0.1, 0.15) is 0 Å². The van der Waals surface area contributed by atoms with Crippen molar-refractivity contribution in [2.45, 2.75) is 0 Å². The minimum atomic E-state index is 0.247. The quantitative estimate of drug-likeness (QED) is 0.263. The van der Waals surface area contributed by atoms with Gasteiger partial charge in [-0.25, -0.2) is 19.3 Å². The summed E-state index contributed by atoms with van der Waals surface area (Å²) in [6, 6.07) is 15.8. The second kappa shape index (κ2) is 9.46. The number of halogens is 2. The highest BCUT2D eigenvalue weighted by Gasteiger charge is 2.07. The third kappa shape index (κ3) is 4.77. The highest BCUT2D eigenvalue weighted by atomic mass is 127. The summed E-state index contributed by atoms with van der Waals surface area (Å²) in [5, 5.41) is 10.9. The lowest BCUT2D eigenvalue weighted by Crippen LogP contribution is -2.03. The van der Waals surface area contributed by atoms with Crippen molar-refractivity contribution in [3.63, 3.8) is 0 Å². The van der Waals surface area contributed by atoms with Crippen LogP contribution in [0.3, 0.4) is 0 Å². The van der Waals surface area contributed by atoms with Gasteiger partial charge in [0.05, 0.1) is 17.2 Å². The van der Waals surface area contributed by atoms with E-state index in [2.05, 4.69) is 81.4 Å². The van der Waals surface area contributed by atoms with Crippen LogP contribution < -0.4 is 11.5 Å². The lowest BCUT2D eigenvalue weighted by Gasteiger charge is -2.02. The third-order valence-electron chi connectivity index (χ3n) is 4.77. The van der Waals surface area contributed by atoms with E-state index in [0.29, 0.717) is 11.6 Å². The predicted molar refractivity (Wildman–Crippen MR) is 148 cm³/mol. The van der Waals surface area contributed by atoms with Gasteiger partial charge < -0.3 is 11.5 Å². The summed E-state index contributed by atoms with van der Waals surface area (Å²) >= 11 is 4.53. The average Bonchev–Trinajstić information content (AvgIpc) is 3.43. The second-order valence-corrected chi connectivity index (χ2v) is 9.57. The molecule has 0 amide bonds. The average molecular weight is 674 g/mol. The topological polar surface area (TPSA) is 139 Å². The summed E-state index contributed by atoms with van der Waals surface area (Å²) in [7, 11) is 0. The van der Waals surface area contributed by atoms with Crippen LogP contribution in [0.1, 0.15) is 0 Å². The zero-order chi connectivity index (χ0) is 23.7. The number of fused-ring (bicyclic) bond motifs is 2. The van der Waals surface area contributed by atoms with Crippen molar-refractivity contribution in [1.82, 2.24) is 39.5 Å². The Kier molecular flexibility index (Phi) is 6.23. The zero-order valence-electron chi connectivity index (χ0n) is 17.4. The molecule has 10 nitrogen and oxygen atoms in total. The molecule has 0 fully saturated rings. The number of nitrogens with zero attached hydrogens (tertiary/aromatic N) is 8. The van der Waals surface area contributed by atoms with E-state index in [-0.39, 0.29) is 11.9 Å². The molecule has 0 atom stereocenters. The van der Waals surface area contributed by atoms with Crippen molar-refractivity contribution in [3.05, 3.63) is 80.5 Å². The Morgan fingerprint density at radius 1 is 0.735 bits per heavy atom. The molecule has 34 heavy (non-hydrogen) atoms. The highest BCUT2D eigenvalue weighted by Crippen LogP contribution is 2.20. The standard InChI is InChI=1S/2C11H8IN5/c12-8-2-1-7-6-17(16-9(7)5-8)10-3-4-14-11(13)15-10;12-8-2-1-7-6-15-17(9(7)5-8)10-3-4-14-11(13)16-10/h1-6H,(H2,13,14,15);1-6H,(H2,13,14,16). The van der Waals surface area contributed by atoms with Crippen LogP contribution in [0.2, 0.25) is 0 Å². The fourth-order valence-electron chi connectivity index (χ4n) is 3.25. The minimum Gasteiger partial charge on any atom is -0.368 e. The van der Waals surface area contributed by atoms with Gasteiger partial charge in [0.15, 0.2) is 11.6 Å². The molecule has 0 saturated heterocycles. The molecule has 0 bridgehead atoms. The van der Waals surface area contributed by atoms with Crippen LogP contribution in [0.5, 0.6) is 0 Å². The van der Waals surface area contributed by atoms with Crippen molar-refractivity contribution >= 4 is 78.9 Å². The maximum Gasteiger partial charge on any atom is 0.221 e. The van der Waals surface area contributed by atoms with E-state index in [9.17, 15) is 0 Å². The first-order chi connectivity index (χ1) is 16.5. The van der Waals surface area contributed by atoms with Gasteiger partial charge in [-0.3, -0.25) is 0 Å². The molecule has 6 aromatic rings. The van der Waals surface area contributed by atoms with E-state index < -0.39 is 0 Å². The smallest absolute Gasteiger partial charge is 0.221 e. The van der Waals surface area contributed by atoms with Crippen molar-refractivity contribution in [2.75, 3.05) is 11.5 Å². The molecule has 0 spiro atoms. The van der Waals surface area contributed by atoms with Crippen LogP contribution in [0.4, 0.5) is 11.9 Å². The van der Waals surface area contributed by atoms with E-state index in [0.717, 1.165) is 28.9 Å². The number of nitrogen functional groups attached to an aromatic ring is 2. The molecule has 4 aromatic heterocycles. The van der Waals surface area contributed by atoms with Crippen LogP contribution >= 0.6 is 45.2 Å². The molecule has 0 aliphatic rings. The van der Waals surface area contributed by atoms with Crippen molar-refractivity contribution in [1.29, 1.82) is 0 Å². The zero-order valence-corrected chi connectivity index (χ0v) is 21.7. The van der Waals surface area contributed by atoms with E-state index in [1.54, 1.807) is 33.9 Å². The highest BCUT2D eigenvalue weighted by molar-refractivity contribution is 14.1. The van der Waals surface area contributed by atoms with Gasteiger partial charge in [0.2, 0.25) is 11.9 Å². The summed E-state index contributed by atoms with van der Waals surface area (Å²) < 4.78 is 5.77. The maximum atomic E-state index is 5.57. The Labute approximate surface area is 220 Å². The molecular weight excluding hydrogens is 658 g/mol. The van der Waals surface area contributed by atoms with Crippen LogP contribution in [-0.2, 0) is 0 Å². The minimum absolute atomic E-state index is 0.247. The number of nitrogens with two attached hydrogens (primary N) is 2. The van der Waals surface area contributed by atoms with Gasteiger partial charge in [-0.1, -0.05) is 12.1 Å². The predicted octanol–water partition coefficient (Wildman–Crippen LogP) is 4.00.